The Kier molecular flexibility index (Phi) is 5.06. The number of anilines is 1. The van der Waals surface area contributed by atoms with Crippen LogP contribution in [0.3, 0.4) is 0 Å². The summed E-state index contributed by atoms with van der Waals surface area (Å²) >= 11 is 0. The van der Waals surface area contributed by atoms with Crippen LogP contribution >= 0.6 is 0 Å². The summed E-state index contributed by atoms with van der Waals surface area (Å²) in [6.45, 7) is 6.44. The van der Waals surface area contributed by atoms with Gasteiger partial charge in [-0.3, -0.25) is 0 Å². The Morgan fingerprint density at radius 3 is 2.63 bits per heavy atom. The average molecular weight is 356 g/mol. The topological polar surface area (TPSA) is 7.12 Å². The van der Waals surface area contributed by atoms with Crippen molar-refractivity contribution in [3.05, 3.63) is 84.1 Å². The third-order valence-corrected chi connectivity index (χ3v) is 5.44. The van der Waals surface area contributed by atoms with E-state index in [9.17, 15) is 0 Å². The molecule has 1 aliphatic heterocycles. The number of para-hydroxylation sites is 2. The van der Waals surface area contributed by atoms with Crippen molar-refractivity contribution in [2.45, 2.75) is 32.9 Å². The molecule has 0 spiro atoms. The van der Waals surface area contributed by atoms with Gasteiger partial charge in [-0.2, -0.15) is 4.57 Å². The molecule has 2 aromatic carbocycles. The number of hydrogen-bond acceptors (Lipinski definition) is 1. The smallest absolute Gasteiger partial charge is 0.212 e. The van der Waals surface area contributed by atoms with Gasteiger partial charge in [-0.25, -0.2) is 0 Å². The zero-order valence-corrected chi connectivity index (χ0v) is 16.2. The van der Waals surface area contributed by atoms with Crippen molar-refractivity contribution in [2.24, 2.45) is 0 Å². The maximum Gasteiger partial charge on any atom is 0.212 e. The lowest BCUT2D eigenvalue weighted by molar-refractivity contribution is -0.669. The molecule has 0 fully saturated rings. The molecule has 1 atom stereocenters. The lowest BCUT2D eigenvalue weighted by Gasteiger charge is -2.34. The first kappa shape index (κ1) is 17.5. The third kappa shape index (κ3) is 3.40. The van der Waals surface area contributed by atoms with Gasteiger partial charge >= 0.3 is 0 Å². The summed E-state index contributed by atoms with van der Waals surface area (Å²) in [5.41, 5.74) is 5.22. The van der Waals surface area contributed by atoms with Gasteiger partial charge in [-0.15, -0.1) is 0 Å². The molecule has 2 heterocycles. The highest BCUT2D eigenvalue weighted by Gasteiger charge is 2.19. The van der Waals surface area contributed by atoms with Gasteiger partial charge in [0.05, 0.1) is 6.04 Å². The fraction of sp³-hybridized carbons (Fsp3) is 0.240. The second-order valence-corrected chi connectivity index (χ2v) is 6.97. The summed E-state index contributed by atoms with van der Waals surface area (Å²) in [5.74, 6) is 0. The Morgan fingerprint density at radius 2 is 1.78 bits per heavy atom. The molecule has 27 heavy (non-hydrogen) atoms. The van der Waals surface area contributed by atoms with Crippen LogP contribution < -0.4 is 9.47 Å². The molecule has 4 rings (SSSR count). The summed E-state index contributed by atoms with van der Waals surface area (Å²) in [7, 11) is 0. The van der Waals surface area contributed by atoms with E-state index in [1.54, 1.807) is 0 Å². The minimum Gasteiger partial charge on any atom is -0.365 e. The normalized spacial score (nSPS) is 16.2. The van der Waals surface area contributed by atoms with Crippen molar-refractivity contribution < 1.29 is 4.57 Å². The number of aryl methyl sites for hydroxylation is 1. The highest BCUT2D eigenvalue weighted by molar-refractivity contribution is 5.76. The van der Waals surface area contributed by atoms with Crippen molar-refractivity contribution in [1.29, 1.82) is 0 Å². The molecule has 1 unspecified atom stereocenters. The van der Waals surface area contributed by atoms with Crippen LogP contribution in [0.2, 0.25) is 0 Å². The van der Waals surface area contributed by atoms with Crippen LogP contribution in [-0.4, -0.2) is 12.6 Å². The second-order valence-electron chi connectivity index (χ2n) is 6.97. The fourth-order valence-electron chi connectivity index (χ4n) is 4.10. The number of pyridine rings is 1. The molecule has 136 valence electrons. The quantitative estimate of drug-likeness (QED) is 0.550. The van der Waals surface area contributed by atoms with Gasteiger partial charge in [-0.1, -0.05) is 48.6 Å². The number of rotatable bonds is 5. The monoisotopic (exact) mass is 355 g/mol. The van der Waals surface area contributed by atoms with E-state index in [0.29, 0.717) is 6.04 Å². The molecule has 0 saturated carbocycles. The molecule has 2 nitrogen and oxygen atoms in total. The fourth-order valence-corrected chi connectivity index (χ4v) is 4.10. The lowest BCUT2D eigenvalue weighted by atomic mass is 10.0. The van der Waals surface area contributed by atoms with Crippen LogP contribution in [0.15, 0.2) is 72.8 Å². The number of aromatic nitrogens is 1. The van der Waals surface area contributed by atoms with Crippen molar-refractivity contribution in [1.82, 2.24) is 0 Å². The van der Waals surface area contributed by atoms with Gasteiger partial charge in [0.2, 0.25) is 11.2 Å². The molecule has 1 aromatic heterocycles. The largest absolute Gasteiger partial charge is 0.365 e. The van der Waals surface area contributed by atoms with E-state index in [4.69, 9.17) is 0 Å². The maximum absolute atomic E-state index is 2.49. The number of benzene rings is 2. The Morgan fingerprint density at radius 1 is 0.963 bits per heavy atom. The molecule has 2 heteroatoms. The van der Waals surface area contributed by atoms with Crippen LogP contribution in [0, 0.1) is 0 Å². The molecule has 0 amide bonds. The summed E-state index contributed by atoms with van der Waals surface area (Å²) in [6, 6.07) is 22.1. The van der Waals surface area contributed by atoms with Crippen molar-refractivity contribution >= 4 is 28.7 Å². The SMILES string of the molecule is CCN1c2ccccc2C=CC1CC=Cc1ccc2ccccc2[n+]1CC. The minimum atomic E-state index is 0.414. The predicted octanol–water partition coefficient (Wildman–Crippen LogP) is 5.47. The Hall–Kier alpha value is -2.87. The zero-order valence-electron chi connectivity index (χ0n) is 16.2. The minimum absolute atomic E-state index is 0.414. The molecule has 3 aromatic rings. The summed E-state index contributed by atoms with van der Waals surface area (Å²) in [5, 5.41) is 1.29. The molecule has 0 bridgehead atoms. The van der Waals surface area contributed by atoms with E-state index in [2.05, 4.69) is 108 Å². The lowest BCUT2D eigenvalue weighted by Crippen LogP contribution is -2.37. The van der Waals surface area contributed by atoms with E-state index in [1.807, 2.05) is 0 Å². The Bertz CT molecular complexity index is 1000. The number of hydrogen-bond donors (Lipinski definition) is 0. The van der Waals surface area contributed by atoms with Crippen LogP contribution in [-0.2, 0) is 6.54 Å². The predicted molar refractivity (Wildman–Crippen MR) is 116 cm³/mol. The van der Waals surface area contributed by atoms with Gasteiger partial charge in [0.25, 0.3) is 0 Å². The van der Waals surface area contributed by atoms with E-state index in [0.717, 1.165) is 19.5 Å². The van der Waals surface area contributed by atoms with Gasteiger partial charge < -0.3 is 4.90 Å². The summed E-state index contributed by atoms with van der Waals surface area (Å²) in [6.07, 6.45) is 10.2. The number of likely N-dealkylation sites (N-methyl/N-ethyl adjacent to an activating group) is 1. The molecular formula is C25H27N2+. The van der Waals surface area contributed by atoms with E-state index < -0.39 is 0 Å². The van der Waals surface area contributed by atoms with Gasteiger partial charge in [0.15, 0.2) is 0 Å². The third-order valence-electron chi connectivity index (χ3n) is 5.44. The standard InChI is InChI=1S/C25H27N2/c1-3-26-22(18-16-20-10-5-7-14-24(20)26)12-9-13-23-19-17-21-11-6-8-15-25(21)27(23)4-2/h5-12,14-19,23H,3-4,13H2,1-2H3/q+1. The zero-order chi connectivity index (χ0) is 18.6. The van der Waals surface area contributed by atoms with E-state index >= 15 is 0 Å². The van der Waals surface area contributed by atoms with Crippen molar-refractivity contribution in [3.8, 4) is 0 Å². The summed E-state index contributed by atoms with van der Waals surface area (Å²) in [4.78, 5) is 2.49. The first-order valence-corrected chi connectivity index (χ1v) is 9.93. The Balaban J connectivity index is 1.57. The highest BCUT2D eigenvalue weighted by atomic mass is 15.2. The average Bonchev–Trinajstić information content (AvgIpc) is 2.73. The van der Waals surface area contributed by atoms with Gasteiger partial charge in [-0.05, 0) is 44.0 Å². The molecular weight excluding hydrogens is 328 g/mol. The first-order chi connectivity index (χ1) is 13.3. The maximum atomic E-state index is 2.49. The first-order valence-electron chi connectivity index (χ1n) is 9.93. The van der Waals surface area contributed by atoms with E-state index in [1.165, 1.54) is 27.8 Å². The number of fused-ring (bicyclic) bond motifs is 2. The summed E-state index contributed by atoms with van der Waals surface area (Å²) < 4.78 is 2.38. The van der Waals surface area contributed by atoms with Crippen LogP contribution in [0.1, 0.15) is 31.5 Å². The molecule has 0 saturated heterocycles. The van der Waals surface area contributed by atoms with Crippen LogP contribution in [0.25, 0.3) is 23.1 Å². The van der Waals surface area contributed by atoms with E-state index in [-0.39, 0.29) is 0 Å². The van der Waals surface area contributed by atoms with Crippen molar-refractivity contribution in [3.63, 3.8) is 0 Å². The Labute approximate surface area is 162 Å². The number of nitrogens with zero attached hydrogens (tertiary/aromatic N) is 2. The van der Waals surface area contributed by atoms with Crippen molar-refractivity contribution in [2.75, 3.05) is 11.4 Å². The van der Waals surface area contributed by atoms with Gasteiger partial charge in [0.1, 0.15) is 6.54 Å². The van der Waals surface area contributed by atoms with Gasteiger partial charge in [0, 0.05) is 35.8 Å². The molecule has 1 aliphatic rings. The highest BCUT2D eigenvalue weighted by Crippen LogP contribution is 2.29. The molecule has 0 aliphatic carbocycles. The second kappa shape index (κ2) is 7.79. The molecule has 0 radical (unpaired) electrons. The molecule has 0 N–H and O–H groups in total. The van der Waals surface area contributed by atoms with Crippen LogP contribution in [0.5, 0.6) is 0 Å². The van der Waals surface area contributed by atoms with Crippen LogP contribution in [0.4, 0.5) is 5.69 Å².